The van der Waals surface area contributed by atoms with Crippen LogP contribution in [0.1, 0.15) is 13.3 Å². The minimum atomic E-state index is 0.139. The topological polar surface area (TPSA) is 20.3 Å². The highest BCUT2D eigenvalue weighted by molar-refractivity contribution is 5.87. The molecule has 1 saturated heterocycles. The molecule has 1 heterocycles. The van der Waals surface area contributed by atoms with E-state index < -0.39 is 0 Å². The number of carbonyl (C=O) groups excluding carboxylic acids is 1. The summed E-state index contributed by atoms with van der Waals surface area (Å²) in [6.07, 6.45) is 4.83. The zero-order valence-corrected chi connectivity index (χ0v) is 6.50. The van der Waals surface area contributed by atoms with Crippen molar-refractivity contribution in [2.24, 2.45) is 0 Å². The van der Waals surface area contributed by atoms with E-state index in [1.165, 1.54) is 6.42 Å². The Kier molecular flexibility index (Phi) is 2.22. The quantitative estimate of drug-likeness (QED) is 0.528. The van der Waals surface area contributed by atoms with Gasteiger partial charge in [-0.15, -0.1) is 0 Å². The first-order valence-corrected chi connectivity index (χ1v) is 3.59. The van der Waals surface area contributed by atoms with E-state index in [1.54, 1.807) is 13.0 Å². The number of hydrogen-bond donors (Lipinski definition) is 0. The van der Waals surface area contributed by atoms with Gasteiger partial charge in [-0.3, -0.25) is 9.69 Å². The van der Waals surface area contributed by atoms with Crippen molar-refractivity contribution in [3.8, 4) is 0 Å². The second-order valence-corrected chi connectivity index (χ2v) is 2.81. The lowest BCUT2D eigenvalue weighted by Gasteiger charge is -2.35. The van der Waals surface area contributed by atoms with Crippen LogP contribution in [0.2, 0.25) is 0 Å². The molecule has 2 nitrogen and oxygen atoms in total. The van der Waals surface area contributed by atoms with Gasteiger partial charge in [0.25, 0.3) is 0 Å². The maximum Gasteiger partial charge on any atom is 0.152 e. The fourth-order valence-corrected chi connectivity index (χ4v) is 1.03. The van der Waals surface area contributed by atoms with E-state index in [0.29, 0.717) is 6.04 Å². The molecule has 0 N–H and O–H groups in total. The van der Waals surface area contributed by atoms with Crippen LogP contribution in [0.15, 0.2) is 12.2 Å². The first-order chi connectivity index (χ1) is 4.70. The van der Waals surface area contributed by atoms with Crippen molar-refractivity contribution >= 4 is 5.78 Å². The first kappa shape index (κ1) is 7.48. The zero-order chi connectivity index (χ0) is 7.56. The summed E-state index contributed by atoms with van der Waals surface area (Å²) in [5, 5.41) is 0. The van der Waals surface area contributed by atoms with Crippen molar-refractivity contribution in [2.75, 3.05) is 13.6 Å². The monoisotopic (exact) mass is 139 g/mol. The summed E-state index contributed by atoms with van der Waals surface area (Å²) in [6.45, 7) is 2.74. The van der Waals surface area contributed by atoms with Crippen molar-refractivity contribution in [3.63, 3.8) is 0 Å². The second-order valence-electron chi connectivity index (χ2n) is 2.81. The molecule has 0 unspecified atom stereocenters. The predicted molar refractivity (Wildman–Crippen MR) is 40.9 cm³/mol. The fraction of sp³-hybridized carbons (Fsp3) is 0.625. The highest BCUT2D eigenvalue weighted by Gasteiger charge is 2.20. The van der Waals surface area contributed by atoms with E-state index in [4.69, 9.17) is 0 Å². The van der Waals surface area contributed by atoms with E-state index in [1.807, 2.05) is 6.08 Å². The summed E-state index contributed by atoms with van der Waals surface area (Å²) >= 11 is 0. The Morgan fingerprint density at radius 1 is 1.70 bits per heavy atom. The first-order valence-electron chi connectivity index (χ1n) is 3.59. The predicted octanol–water partition coefficient (Wildman–Crippen LogP) is 0.836. The van der Waals surface area contributed by atoms with E-state index >= 15 is 0 Å². The molecule has 0 aromatic heterocycles. The third-order valence-corrected chi connectivity index (χ3v) is 1.90. The van der Waals surface area contributed by atoms with E-state index in [0.717, 1.165) is 6.54 Å². The van der Waals surface area contributed by atoms with E-state index in [2.05, 4.69) is 11.9 Å². The van der Waals surface area contributed by atoms with Gasteiger partial charge < -0.3 is 0 Å². The zero-order valence-electron chi connectivity index (χ0n) is 6.50. The molecule has 10 heavy (non-hydrogen) atoms. The number of carbonyl (C=O) groups is 1. The standard InChI is InChI=1S/C8H13NO/c1-7(10)3-4-8-5-6-9(8)2/h3-4,8H,5-6H2,1-2H3/b4-3+/t8-/m0/s1. The number of ketones is 1. The summed E-state index contributed by atoms with van der Waals surface area (Å²) in [7, 11) is 2.07. The third-order valence-electron chi connectivity index (χ3n) is 1.90. The molecule has 2 heteroatoms. The van der Waals surface area contributed by atoms with Gasteiger partial charge in [0.05, 0.1) is 0 Å². The lowest BCUT2D eigenvalue weighted by molar-refractivity contribution is -0.112. The maximum absolute atomic E-state index is 10.5. The summed E-state index contributed by atoms with van der Waals surface area (Å²) < 4.78 is 0. The molecular formula is C8H13NO. The van der Waals surface area contributed by atoms with Gasteiger partial charge in [0.15, 0.2) is 5.78 Å². The highest BCUT2D eigenvalue weighted by atomic mass is 16.1. The molecule has 56 valence electrons. The van der Waals surface area contributed by atoms with Crippen LogP contribution in [0, 0.1) is 0 Å². The largest absolute Gasteiger partial charge is 0.300 e. The van der Waals surface area contributed by atoms with Crippen LogP contribution < -0.4 is 0 Å². The van der Waals surface area contributed by atoms with Gasteiger partial charge in [-0.25, -0.2) is 0 Å². The van der Waals surface area contributed by atoms with E-state index in [-0.39, 0.29) is 5.78 Å². The number of likely N-dealkylation sites (N-methyl/N-ethyl adjacent to an activating group) is 1. The molecule has 0 bridgehead atoms. The molecule has 0 amide bonds. The van der Waals surface area contributed by atoms with Crippen LogP contribution in [0.5, 0.6) is 0 Å². The Labute approximate surface area is 61.5 Å². The Morgan fingerprint density at radius 2 is 2.40 bits per heavy atom. The van der Waals surface area contributed by atoms with Gasteiger partial charge in [-0.05, 0) is 26.5 Å². The van der Waals surface area contributed by atoms with Gasteiger partial charge in [0.1, 0.15) is 0 Å². The Bertz CT molecular complexity index is 163. The Balaban J connectivity index is 2.31. The molecular weight excluding hydrogens is 126 g/mol. The highest BCUT2D eigenvalue weighted by Crippen LogP contribution is 2.14. The van der Waals surface area contributed by atoms with Crippen LogP contribution in [-0.2, 0) is 4.79 Å². The maximum atomic E-state index is 10.5. The van der Waals surface area contributed by atoms with Gasteiger partial charge in [0.2, 0.25) is 0 Å². The smallest absolute Gasteiger partial charge is 0.152 e. The SMILES string of the molecule is CC(=O)/C=C/[C@H]1CCN1C. The van der Waals surface area contributed by atoms with Crippen LogP contribution in [0.4, 0.5) is 0 Å². The minimum absolute atomic E-state index is 0.139. The number of hydrogen-bond acceptors (Lipinski definition) is 2. The molecule has 1 rings (SSSR count). The van der Waals surface area contributed by atoms with Crippen LogP contribution in [-0.4, -0.2) is 30.3 Å². The van der Waals surface area contributed by atoms with Crippen molar-refractivity contribution < 1.29 is 4.79 Å². The number of allylic oxidation sites excluding steroid dienone is 1. The molecule has 1 fully saturated rings. The van der Waals surface area contributed by atoms with Crippen LogP contribution >= 0.6 is 0 Å². The average molecular weight is 139 g/mol. The Hall–Kier alpha value is -0.630. The summed E-state index contributed by atoms with van der Waals surface area (Å²) in [6, 6.07) is 0.518. The lowest BCUT2D eigenvalue weighted by Crippen LogP contribution is -2.43. The number of nitrogens with zero attached hydrogens (tertiary/aromatic N) is 1. The van der Waals surface area contributed by atoms with Crippen molar-refractivity contribution in [1.82, 2.24) is 4.90 Å². The third kappa shape index (κ3) is 1.67. The van der Waals surface area contributed by atoms with Gasteiger partial charge in [-0.1, -0.05) is 6.08 Å². The molecule has 0 aliphatic carbocycles. The second kappa shape index (κ2) is 2.97. The normalized spacial score (nSPS) is 26.8. The number of likely N-dealkylation sites (tertiary alicyclic amines) is 1. The van der Waals surface area contributed by atoms with Crippen molar-refractivity contribution in [1.29, 1.82) is 0 Å². The van der Waals surface area contributed by atoms with Crippen LogP contribution in [0.3, 0.4) is 0 Å². The molecule has 1 aliphatic heterocycles. The number of rotatable bonds is 2. The Morgan fingerprint density at radius 3 is 2.70 bits per heavy atom. The molecule has 0 aromatic rings. The van der Waals surface area contributed by atoms with Gasteiger partial charge in [-0.2, -0.15) is 0 Å². The molecule has 1 atom stereocenters. The van der Waals surface area contributed by atoms with E-state index in [9.17, 15) is 4.79 Å². The summed E-state index contributed by atoms with van der Waals surface area (Å²) in [5.74, 6) is 0.139. The minimum Gasteiger partial charge on any atom is -0.300 e. The molecule has 0 spiro atoms. The average Bonchev–Trinajstić information content (AvgIpc) is 1.84. The van der Waals surface area contributed by atoms with Crippen molar-refractivity contribution in [3.05, 3.63) is 12.2 Å². The molecule has 0 aromatic carbocycles. The molecule has 0 radical (unpaired) electrons. The van der Waals surface area contributed by atoms with Gasteiger partial charge >= 0.3 is 0 Å². The summed E-state index contributed by atoms with van der Waals surface area (Å²) in [5.41, 5.74) is 0. The lowest BCUT2D eigenvalue weighted by atomic mass is 10.0. The molecule has 1 aliphatic rings. The molecule has 0 saturated carbocycles. The van der Waals surface area contributed by atoms with Crippen LogP contribution in [0.25, 0.3) is 0 Å². The summed E-state index contributed by atoms with van der Waals surface area (Å²) in [4.78, 5) is 12.7. The van der Waals surface area contributed by atoms with Gasteiger partial charge in [0, 0.05) is 12.6 Å². The fourth-order valence-electron chi connectivity index (χ4n) is 1.03. The van der Waals surface area contributed by atoms with Crippen molar-refractivity contribution in [2.45, 2.75) is 19.4 Å².